The number of nitrogens with zero attached hydrogens (tertiary/aromatic N) is 2. The molecule has 1 atom stereocenters. The molecule has 0 unspecified atom stereocenters. The molecule has 3 rings (SSSR count). The Morgan fingerprint density at radius 2 is 2.00 bits per heavy atom. The van der Waals surface area contributed by atoms with Crippen molar-refractivity contribution in [3.63, 3.8) is 0 Å². The minimum Gasteiger partial charge on any atom is -0.497 e. The summed E-state index contributed by atoms with van der Waals surface area (Å²) in [6, 6.07) is 8.50. The van der Waals surface area contributed by atoms with Crippen LogP contribution in [0.3, 0.4) is 0 Å². The van der Waals surface area contributed by atoms with Crippen LogP contribution in [0.4, 0.5) is 0 Å². The predicted octanol–water partition coefficient (Wildman–Crippen LogP) is 3.02. The third-order valence-corrected chi connectivity index (χ3v) is 5.55. The maximum Gasteiger partial charge on any atom is 0.119 e. The van der Waals surface area contributed by atoms with Gasteiger partial charge in [-0.15, -0.1) is 0 Å². The molecule has 0 aromatic heterocycles. The summed E-state index contributed by atoms with van der Waals surface area (Å²) in [5.41, 5.74) is 1.86. The molecule has 24 heavy (non-hydrogen) atoms. The lowest BCUT2D eigenvalue weighted by Crippen LogP contribution is -2.44. The summed E-state index contributed by atoms with van der Waals surface area (Å²) in [5, 5.41) is 0. The largest absolute Gasteiger partial charge is 0.497 e. The van der Waals surface area contributed by atoms with Crippen molar-refractivity contribution < 1.29 is 9.47 Å². The van der Waals surface area contributed by atoms with Crippen molar-refractivity contribution in [2.24, 2.45) is 5.41 Å². The number of benzene rings is 1. The van der Waals surface area contributed by atoms with Gasteiger partial charge in [0.25, 0.3) is 0 Å². The van der Waals surface area contributed by atoms with Crippen LogP contribution >= 0.6 is 0 Å². The van der Waals surface area contributed by atoms with Crippen LogP contribution in [0, 0.1) is 5.41 Å². The van der Waals surface area contributed by atoms with E-state index in [1.54, 1.807) is 7.11 Å². The highest BCUT2D eigenvalue weighted by Gasteiger charge is 2.40. The Morgan fingerprint density at radius 1 is 1.12 bits per heavy atom. The molecule has 0 saturated carbocycles. The molecule has 2 heterocycles. The SMILES string of the molecule is CCOCCN1CC[C@]2(CCCN(Cc3cccc(OC)c3)C2)C1. The quantitative estimate of drug-likeness (QED) is 0.717. The number of likely N-dealkylation sites (tertiary alicyclic amines) is 2. The van der Waals surface area contributed by atoms with Gasteiger partial charge in [0.05, 0.1) is 13.7 Å². The molecule has 1 spiro atoms. The van der Waals surface area contributed by atoms with E-state index in [2.05, 4.69) is 34.9 Å². The number of hydrogen-bond acceptors (Lipinski definition) is 4. The first-order valence-electron chi connectivity index (χ1n) is 9.38. The van der Waals surface area contributed by atoms with Crippen molar-refractivity contribution in [2.75, 3.05) is 53.0 Å². The minimum absolute atomic E-state index is 0.503. The third kappa shape index (κ3) is 4.50. The van der Waals surface area contributed by atoms with E-state index in [4.69, 9.17) is 9.47 Å². The summed E-state index contributed by atoms with van der Waals surface area (Å²) >= 11 is 0. The Labute approximate surface area is 146 Å². The molecule has 2 saturated heterocycles. The molecule has 2 aliphatic heterocycles. The second kappa shape index (κ2) is 8.32. The first-order valence-corrected chi connectivity index (χ1v) is 9.38. The zero-order valence-electron chi connectivity index (χ0n) is 15.3. The van der Waals surface area contributed by atoms with E-state index in [1.807, 2.05) is 6.07 Å². The third-order valence-electron chi connectivity index (χ3n) is 5.55. The number of rotatable bonds is 7. The Bertz CT molecular complexity index is 522. The van der Waals surface area contributed by atoms with E-state index in [-0.39, 0.29) is 0 Å². The number of ether oxygens (including phenoxy) is 2. The molecule has 2 fully saturated rings. The maximum absolute atomic E-state index is 5.53. The van der Waals surface area contributed by atoms with E-state index in [9.17, 15) is 0 Å². The maximum atomic E-state index is 5.53. The molecule has 0 amide bonds. The van der Waals surface area contributed by atoms with E-state index in [1.165, 1.54) is 51.0 Å². The smallest absolute Gasteiger partial charge is 0.119 e. The van der Waals surface area contributed by atoms with Gasteiger partial charge < -0.3 is 14.4 Å². The highest BCUT2D eigenvalue weighted by Crippen LogP contribution is 2.39. The van der Waals surface area contributed by atoms with Gasteiger partial charge in [0.2, 0.25) is 0 Å². The Hall–Kier alpha value is -1.10. The number of methoxy groups -OCH3 is 1. The highest BCUT2D eigenvalue weighted by molar-refractivity contribution is 5.28. The van der Waals surface area contributed by atoms with Crippen LogP contribution in [0.5, 0.6) is 5.75 Å². The summed E-state index contributed by atoms with van der Waals surface area (Å²) in [6.07, 6.45) is 4.05. The fourth-order valence-electron chi connectivity index (χ4n) is 4.36. The van der Waals surface area contributed by atoms with Crippen molar-refractivity contribution in [3.05, 3.63) is 29.8 Å². The monoisotopic (exact) mass is 332 g/mol. The predicted molar refractivity (Wildman–Crippen MR) is 97.5 cm³/mol. The molecule has 4 heteroatoms. The Kier molecular flexibility index (Phi) is 6.14. The van der Waals surface area contributed by atoms with Crippen LogP contribution in [0.15, 0.2) is 24.3 Å². The van der Waals surface area contributed by atoms with Crippen LogP contribution in [-0.2, 0) is 11.3 Å². The summed E-state index contributed by atoms with van der Waals surface area (Å²) < 4.78 is 10.9. The van der Waals surface area contributed by atoms with Gasteiger partial charge in [-0.1, -0.05) is 12.1 Å². The molecule has 1 aromatic carbocycles. The molecule has 2 aliphatic rings. The fourth-order valence-corrected chi connectivity index (χ4v) is 4.36. The van der Waals surface area contributed by atoms with Crippen LogP contribution in [0.2, 0.25) is 0 Å². The first kappa shape index (κ1) is 17.7. The Morgan fingerprint density at radius 3 is 2.83 bits per heavy atom. The summed E-state index contributed by atoms with van der Waals surface area (Å²) in [4.78, 5) is 5.25. The van der Waals surface area contributed by atoms with E-state index >= 15 is 0 Å². The van der Waals surface area contributed by atoms with Gasteiger partial charge in [-0.2, -0.15) is 0 Å². The highest BCUT2D eigenvalue weighted by atomic mass is 16.5. The molecular weight excluding hydrogens is 300 g/mol. The molecule has 0 aliphatic carbocycles. The van der Waals surface area contributed by atoms with Crippen molar-refractivity contribution in [3.8, 4) is 5.75 Å². The molecule has 1 aromatic rings. The topological polar surface area (TPSA) is 24.9 Å². The fraction of sp³-hybridized carbons (Fsp3) is 0.700. The zero-order valence-corrected chi connectivity index (χ0v) is 15.3. The summed E-state index contributed by atoms with van der Waals surface area (Å²) in [7, 11) is 1.74. The van der Waals surface area contributed by atoms with E-state index in [0.717, 1.165) is 32.1 Å². The molecule has 4 nitrogen and oxygen atoms in total. The van der Waals surface area contributed by atoms with Gasteiger partial charge in [0.1, 0.15) is 5.75 Å². The lowest BCUT2D eigenvalue weighted by Gasteiger charge is -2.40. The summed E-state index contributed by atoms with van der Waals surface area (Å²) in [6.45, 7) is 10.8. The van der Waals surface area contributed by atoms with Crippen molar-refractivity contribution in [1.82, 2.24) is 9.80 Å². The number of piperidine rings is 1. The number of hydrogen-bond donors (Lipinski definition) is 0. The lowest BCUT2D eigenvalue weighted by atomic mass is 9.79. The average Bonchev–Trinajstić information content (AvgIpc) is 2.97. The van der Waals surface area contributed by atoms with Gasteiger partial charge in [0.15, 0.2) is 0 Å². The van der Waals surface area contributed by atoms with Crippen molar-refractivity contribution in [2.45, 2.75) is 32.7 Å². The molecule has 0 N–H and O–H groups in total. The van der Waals surface area contributed by atoms with Crippen LogP contribution < -0.4 is 4.74 Å². The summed E-state index contributed by atoms with van der Waals surface area (Å²) in [5.74, 6) is 0.960. The lowest BCUT2D eigenvalue weighted by molar-refractivity contribution is 0.0783. The Balaban J connectivity index is 1.54. The standard InChI is InChI=1S/C20H32N2O2/c1-3-24-13-12-21-11-9-20(16-21)8-5-10-22(17-20)15-18-6-4-7-19(14-18)23-2/h4,6-7,14H,3,5,8-13,15-17H2,1-2H3/t20-/m1/s1. The van der Waals surface area contributed by atoms with Crippen molar-refractivity contribution >= 4 is 0 Å². The first-order chi connectivity index (χ1) is 11.7. The van der Waals surface area contributed by atoms with Crippen LogP contribution in [0.25, 0.3) is 0 Å². The van der Waals surface area contributed by atoms with Gasteiger partial charge in [-0.05, 0) is 62.4 Å². The van der Waals surface area contributed by atoms with Crippen LogP contribution in [-0.4, -0.2) is 62.8 Å². The molecule has 0 radical (unpaired) electrons. The zero-order chi connectivity index (χ0) is 16.8. The molecular formula is C20H32N2O2. The van der Waals surface area contributed by atoms with Gasteiger partial charge in [-0.25, -0.2) is 0 Å². The van der Waals surface area contributed by atoms with E-state index in [0.29, 0.717) is 5.41 Å². The van der Waals surface area contributed by atoms with Crippen LogP contribution in [0.1, 0.15) is 31.7 Å². The van der Waals surface area contributed by atoms with Gasteiger partial charge in [-0.3, -0.25) is 4.90 Å². The normalized spacial score (nSPS) is 25.4. The minimum atomic E-state index is 0.503. The second-order valence-electron chi connectivity index (χ2n) is 7.39. The van der Waals surface area contributed by atoms with Crippen molar-refractivity contribution in [1.29, 1.82) is 0 Å². The second-order valence-corrected chi connectivity index (χ2v) is 7.39. The molecule has 0 bridgehead atoms. The van der Waals surface area contributed by atoms with Gasteiger partial charge >= 0.3 is 0 Å². The average molecular weight is 332 g/mol. The van der Waals surface area contributed by atoms with E-state index < -0.39 is 0 Å². The molecule has 134 valence electrons. The van der Waals surface area contributed by atoms with Gasteiger partial charge in [0, 0.05) is 32.8 Å².